The van der Waals surface area contributed by atoms with Crippen molar-refractivity contribution in [1.29, 1.82) is 0 Å². The average molecular weight is 295 g/mol. The zero-order valence-electron chi connectivity index (χ0n) is 12.2. The summed E-state index contributed by atoms with van der Waals surface area (Å²) in [5.41, 5.74) is 3.35. The molecule has 0 saturated heterocycles. The number of amides is 1. The summed E-state index contributed by atoms with van der Waals surface area (Å²) in [4.78, 5) is 12.4. The fraction of sp³-hybridized carbons (Fsp3) is 0.278. The van der Waals surface area contributed by atoms with Crippen LogP contribution in [0, 0.1) is 0 Å². The van der Waals surface area contributed by atoms with E-state index < -0.39 is 0 Å². The number of carbonyl (C=O) groups excluding carboxylic acids is 1. The Labute approximate surface area is 129 Å². The van der Waals surface area contributed by atoms with Crippen molar-refractivity contribution < 1.29 is 14.3 Å². The van der Waals surface area contributed by atoms with Gasteiger partial charge in [0.25, 0.3) is 5.91 Å². The number of ether oxygens (including phenoxy) is 2. The molecule has 4 heteroatoms. The normalized spacial score (nSPS) is 18.6. The maximum Gasteiger partial charge on any atom is 0.251 e. The smallest absolute Gasteiger partial charge is 0.251 e. The summed E-state index contributed by atoms with van der Waals surface area (Å²) in [6, 6.07) is 13.9. The van der Waals surface area contributed by atoms with Crippen molar-refractivity contribution in [3.8, 4) is 11.5 Å². The molecule has 0 radical (unpaired) electrons. The number of hydrogen-bond acceptors (Lipinski definition) is 3. The topological polar surface area (TPSA) is 47.6 Å². The van der Waals surface area contributed by atoms with E-state index in [1.807, 2.05) is 0 Å². The second-order valence-electron chi connectivity index (χ2n) is 5.75. The first kappa shape index (κ1) is 13.2. The molecule has 4 rings (SSSR count). The molecule has 0 aromatic heterocycles. The standard InChI is InChI=1S/C18H17NO3/c20-18(14-6-8-16-17(10-14)22-11-21-16)19-15-7-5-12-3-1-2-4-13(12)9-15/h1-4,6,8,10,15H,5,7,9,11H2,(H,19,20)/t15-/m1/s1. The largest absolute Gasteiger partial charge is 0.454 e. The third kappa shape index (κ3) is 2.41. The molecule has 2 aromatic carbocycles. The highest BCUT2D eigenvalue weighted by Gasteiger charge is 2.22. The summed E-state index contributed by atoms with van der Waals surface area (Å²) in [7, 11) is 0. The van der Waals surface area contributed by atoms with E-state index in [4.69, 9.17) is 9.47 Å². The summed E-state index contributed by atoms with van der Waals surface area (Å²) in [6.07, 6.45) is 2.89. The molecule has 2 aromatic rings. The van der Waals surface area contributed by atoms with Gasteiger partial charge in [-0.05, 0) is 48.6 Å². The van der Waals surface area contributed by atoms with E-state index in [-0.39, 0.29) is 18.7 Å². The van der Waals surface area contributed by atoms with Gasteiger partial charge in [-0.15, -0.1) is 0 Å². The van der Waals surface area contributed by atoms with E-state index in [9.17, 15) is 4.79 Å². The molecule has 0 saturated carbocycles. The van der Waals surface area contributed by atoms with Crippen LogP contribution in [0.3, 0.4) is 0 Å². The van der Waals surface area contributed by atoms with E-state index in [0.717, 1.165) is 19.3 Å². The third-order valence-corrected chi connectivity index (χ3v) is 4.32. The Morgan fingerprint density at radius 1 is 1.05 bits per heavy atom. The average Bonchev–Trinajstić information content (AvgIpc) is 3.02. The lowest BCUT2D eigenvalue weighted by molar-refractivity contribution is 0.0933. The predicted molar refractivity (Wildman–Crippen MR) is 82.3 cm³/mol. The van der Waals surface area contributed by atoms with Crippen LogP contribution in [0.2, 0.25) is 0 Å². The number of rotatable bonds is 2. The van der Waals surface area contributed by atoms with E-state index in [1.54, 1.807) is 18.2 Å². The summed E-state index contributed by atoms with van der Waals surface area (Å²) in [5.74, 6) is 1.28. The van der Waals surface area contributed by atoms with Gasteiger partial charge >= 0.3 is 0 Å². The molecule has 112 valence electrons. The molecule has 0 spiro atoms. The molecule has 0 unspecified atom stereocenters. The van der Waals surface area contributed by atoms with Gasteiger partial charge in [-0.25, -0.2) is 0 Å². The SMILES string of the molecule is O=C(N[C@@H]1CCc2ccccc2C1)c1ccc2c(c1)OCO2. The Kier molecular flexibility index (Phi) is 3.22. The lowest BCUT2D eigenvalue weighted by atomic mass is 9.88. The van der Waals surface area contributed by atoms with Crippen LogP contribution in [-0.2, 0) is 12.8 Å². The van der Waals surface area contributed by atoms with Crippen molar-refractivity contribution in [2.75, 3.05) is 6.79 Å². The molecule has 1 heterocycles. The van der Waals surface area contributed by atoms with Crippen LogP contribution in [0.25, 0.3) is 0 Å². The van der Waals surface area contributed by atoms with Crippen LogP contribution < -0.4 is 14.8 Å². The lowest BCUT2D eigenvalue weighted by Gasteiger charge is -2.25. The molecular formula is C18H17NO3. The van der Waals surface area contributed by atoms with E-state index in [2.05, 4.69) is 29.6 Å². The zero-order chi connectivity index (χ0) is 14.9. The van der Waals surface area contributed by atoms with Crippen LogP contribution >= 0.6 is 0 Å². The number of aryl methyl sites for hydroxylation is 1. The highest BCUT2D eigenvalue weighted by Crippen LogP contribution is 2.32. The summed E-state index contributed by atoms with van der Waals surface area (Å²) in [6.45, 7) is 0.222. The van der Waals surface area contributed by atoms with E-state index in [1.165, 1.54) is 11.1 Å². The first-order valence-corrected chi connectivity index (χ1v) is 7.57. The lowest BCUT2D eigenvalue weighted by Crippen LogP contribution is -2.38. The fourth-order valence-electron chi connectivity index (χ4n) is 3.13. The van der Waals surface area contributed by atoms with Crippen molar-refractivity contribution in [3.63, 3.8) is 0 Å². The van der Waals surface area contributed by atoms with Gasteiger partial charge in [0.2, 0.25) is 6.79 Å². The molecular weight excluding hydrogens is 278 g/mol. The van der Waals surface area contributed by atoms with Gasteiger partial charge in [0.05, 0.1) is 0 Å². The van der Waals surface area contributed by atoms with Crippen LogP contribution in [-0.4, -0.2) is 18.7 Å². The fourth-order valence-corrected chi connectivity index (χ4v) is 3.13. The first-order valence-electron chi connectivity index (χ1n) is 7.57. The third-order valence-electron chi connectivity index (χ3n) is 4.32. The van der Waals surface area contributed by atoms with Crippen LogP contribution in [0.5, 0.6) is 11.5 Å². The minimum atomic E-state index is -0.0531. The second-order valence-corrected chi connectivity index (χ2v) is 5.75. The molecule has 4 nitrogen and oxygen atoms in total. The molecule has 1 atom stereocenters. The highest BCUT2D eigenvalue weighted by molar-refractivity contribution is 5.95. The predicted octanol–water partition coefficient (Wildman–Crippen LogP) is 2.70. The van der Waals surface area contributed by atoms with Crippen LogP contribution in [0.15, 0.2) is 42.5 Å². The molecule has 1 aliphatic carbocycles. The monoisotopic (exact) mass is 295 g/mol. The Balaban J connectivity index is 1.47. The number of hydrogen-bond donors (Lipinski definition) is 1. The van der Waals surface area contributed by atoms with Crippen molar-refractivity contribution in [2.45, 2.75) is 25.3 Å². The number of fused-ring (bicyclic) bond motifs is 2. The Morgan fingerprint density at radius 3 is 2.77 bits per heavy atom. The summed E-state index contributed by atoms with van der Waals surface area (Å²) < 4.78 is 10.6. The molecule has 1 N–H and O–H groups in total. The molecule has 1 amide bonds. The van der Waals surface area contributed by atoms with E-state index in [0.29, 0.717) is 17.1 Å². The van der Waals surface area contributed by atoms with E-state index >= 15 is 0 Å². The summed E-state index contributed by atoms with van der Waals surface area (Å²) >= 11 is 0. The van der Waals surface area contributed by atoms with Gasteiger partial charge in [0.15, 0.2) is 11.5 Å². The molecule has 2 aliphatic rings. The number of carbonyl (C=O) groups is 1. The van der Waals surface area contributed by atoms with Crippen molar-refractivity contribution in [2.24, 2.45) is 0 Å². The molecule has 1 aliphatic heterocycles. The van der Waals surface area contributed by atoms with Crippen LogP contribution in [0.4, 0.5) is 0 Å². The van der Waals surface area contributed by atoms with Crippen LogP contribution in [0.1, 0.15) is 27.9 Å². The minimum Gasteiger partial charge on any atom is -0.454 e. The minimum absolute atomic E-state index is 0.0531. The summed E-state index contributed by atoms with van der Waals surface area (Å²) in [5, 5.41) is 3.13. The van der Waals surface area contributed by atoms with Crippen molar-refractivity contribution in [1.82, 2.24) is 5.32 Å². The van der Waals surface area contributed by atoms with Gasteiger partial charge in [-0.3, -0.25) is 4.79 Å². The second kappa shape index (κ2) is 5.37. The highest BCUT2D eigenvalue weighted by atomic mass is 16.7. The first-order chi connectivity index (χ1) is 10.8. The zero-order valence-corrected chi connectivity index (χ0v) is 12.2. The van der Waals surface area contributed by atoms with Gasteiger partial charge in [-0.2, -0.15) is 0 Å². The maximum atomic E-state index is 12.4. The Morgan fingerprint density at radius 2 is 1.86 bits per heavy atom. The van der Waals surface area contributed by atoms with Gasteiger partial charge in [0.1, 0.15) is 0 Å². The quantitative estimate of drug-likeness (QED) is 0.926. The van der Waals surface area contributed by atoms with Gasteiger partial charge in [0, 0.05) is 11.6 Å². The maximum absolute atomic E-state index is 12.4. The Hall–Kier alpha value is -2.49. The van der Waals surface area contributed by atoms with Crippen molar-refractivity contribution >= 4 is 5.91 Å². The Bertz CT molecular complexity index is 726. The molecule has 0 bridgehead atoms. The van der Waals surface area contributed by atoms with Gasteiger partial charge in [-0.1, -0.05) is 24.3 Å². The molecule has 0 fully saturated rings. The van der Waals surface area contributed by atoms with Crippen molar-refractivity contribution in [3.05, 3.63) is 59.2 Å². The molecule has 22 heavy (non-hydrogen) atoms. The number of nitrogens with one attached hydrogen (secondary N) is 1. The number of benzene rings is 2. The van der Waals surface area contributed by atoms with Gasteiger partial charge < -0.3 is 14.8 Å².